The monoisotopic (exact) mass is 395 g/mol. The molecule has 1 amide bonds. The van der Waals surface area contributed by atoms with E-state index in [9.17, 15) is 22.4 Å². The number of hydrogen-bond donors (Lipinski definition) is 0. The molecule has 2 aromatic rings. The van der Waals surface area contributed by atoms with Crippen LogP contribution >= 0.6 is 11.3 Å². The summed E-state index contributed by atoms with van der Waals surface area (Å²) in [7, 11) is -3.58. The first-order valence-electron chi connectivity index (χ1n) is 8.15. The summed E-state index contributed by atoms with van der Waals surface area (Å²) in [6.45, 7) is 1.70. The molecule has 0 bridgehead atoms. The lowest BCUT2D eigenvalue weighted by atomic mass is 10.1. The highest BCUT2D eigenvalue weighted by Crippen LogP contribution is 2.31. The van der Waals surface area contributed by atoms with Crippen LogP contribution in [0.2, 0.25) is 0 Å². The van der Waals surface area contributed by atoms with Crippen LogP contribution in [0.3, 0.4) is 0 Å². The number of ketones is 1. The number of hydrogen-bond acceptors (Lipinski definition) is 5. The fourth-order valence-electron chi connectivity index (χ4n) is 3.03. The normalized spacial score (nSPS) is 19.8. The van der Waals surface area contributed by atoms with Crippen LogP contribution in [0.25, 0.3) is 0 Å². The quantitative estimate of drug-likeness (QED) is 0.749. The second kappa shape index (κ2) is 7.28. The van der Waals surface area contributed by atoms with E-state index in [1.807, 2.05) is 0 Å². The zero-order valence-electron chi connectivity index (χ0n) is 14.1. The Labute approximate surface area is 155 Å². The predicted octanol–water partition coefficient (Wildman–Crippen LogP) is 3.09. The molecule has 0 saturated carbocycles. The van der Waals surface area contributed by atoms with Crippen molar-refractivity contribution in [2.45, 2.75) is 18.6 Å². The molecular weight excluding hydrogens is 377 g/mol. The average molecular weight is 395 g/mol. The van der Waals surface area contributed by atoms with Gasteiger partial charge < -0.3 is 4.90 Å². The molecule has 0 N–H and O–H groups in total. The summed E-state index contributed by atoms with van der Waals surface area (Å²) in [6, 6.07) is 9.02. The number of sulfone groups is 1. The Hall–Kier alpha value is -2.06. The number of carbonyl (C=O) groups is 2. The van der Waals surface area contributed by atoms with E-state index in [-0.39, 0.29) is 42.5 Å². The summed E-state index contributed by atoms with van der Waals surface area (Å²) in [5, 5.41) is -0.961. The number of nitrogens with zero attached hydrogens (tertiary/aromatic N) is 1. The van der Waals surface area contributed by atoms with Gasteiger partial charge in [-0.3, -0.25) is 9.59 Å². The van der Waals surface area contributed by atoms with E-state index in [1.54, 1.807) is 18.2 Å². The molecule has 0 aliphatic carbocycles. The van der Waals surface area contributed by atoms with Crippen LogP contribution in [-0.4, -0.2) is 43.9 Å². The van der Waals surface area contributed by atoms with Gasteiger partial charge in [-0.05, 0) is 31.5 Å². The van der Waals surface area contributed by atoms with Crippen molar-refractivity contribution in [3.05, 3.63) is 57.5 Å². The van der Waals surface area contributed by atoms with Crippen LogP contribution in [0.15, 0.2) is 36.4 Å². The number of thiophene rings is 1. The lowest BCUT2D eigenvalue weighted by Crippen LogP contribution is -2.33. The number of halogens is 1. The molecule has 26 heavy (non-hydrogen) atoms. The molecule has 1 aromatic carbocycles. The lowest BCUT2D eigenvalue weighted by molar-refractivity contribution is 0.0771. The van der Waals surface area contributed by atoms with Gasteiger partial charge in [0.15, 0.2) is 15.6 Å². The Morgan fingerprint density at radius 1 is 1.12 bits per heavy atom. The van der Waals surface area contributed by atoms with Crippen molar-refractivity contribution >= 4 is 32.9 Å². The van der Waals surface area contributed by atoms with Gasteiger partial charge in [0.25, 0.3) is 5.91 Å². The fourth-order valence-corrected chi connectivity index (χ4v) is 5.70. The van der Waals surface area contributed by atoms with Gasteiger partial charge in [-0.25, -0.2) is 12.8 Å². The van der Waals surface area contributed by atoms with Gasteiger partial charge in [-0.2, -0.15) is 0 Å². The summed E-state index contributed by atoms with van der Waals surface area (Å²) in [4.78, 5) is 26.4. The maximum absolute atomic E-state index is 14.1. The van der Waals surface area contributed by atoms with Crippen molar-refractivity contribution in [1.29, 1.82) is 0 Å². The Morgan fingerprint density at radius 3 is 2.46 bits per heavy atom. The molecule has 138 valence electrons. The lowest BCUT2D eigenvalue weighted by Gasteiger charge is -2.19. The highest BCUT2D eigenvalue weighted by molar-refractivity contribution is 7.91. The minimum absolute atomic E-state index is 0.0550. The van der Waals surface area contributed by atoms with Gasteiger partial charge in [0.05, 0.1) is 20.8 Å². The van der Waals surface area contributed by atoms with E-state index in [0.29, 0.717) is 9.75 Å². The highest BCUT2D eigenvalue weighted by atomic mass is 32.2. The van der Waals surface area contributed by atoms with Crippen molar-refractivity contribution in [3.8, 4) is 0 Å². The molecular formula is C18H18FNO4S2. The summed E-state index contributed by atoms with van der Waals surface area (Å²) in [6.07, 6.45) is 0.139. The third-order valence-corrected chi connectivity index (χ3v) is 7.73. The Balaban J connectivity index is 1.83. The first kappa shape index (κ1) is 18.7. The van der Waals surface area contributed by atoms with Gasteiger partial charge >= 0.3 is 0 Å². The molecule has 1 atom stereocenters. The summed E-state index contributed by atoms with van der Waals surface area (Å²) in [5.74, 6) is -1.19. The van der Waals surface area contributed by atoms with Crippen molar-refractivity contribution in [2.24, 2.45) is 0 Å². The van der Waals surface area contributed by atoms with Gasteiger partial charge in [-0.1, -0.05) is 18.2 Å². The first-order chi connectivity index (χ1) is 12.3. The Kier molecular flexibility index (Phi) is 5.24. The maximum Gasteiger partial charge on any atom is 0.263 e. The molecule has 2 heterocycles. The smallest absolute Gasteiger partial charge is 0.263 e. The topological polar surface area (TPSA) is 71.5 Å². The van der Waals surface area contributed by atoms with Crippen molar-refractivity contribution in [1.82, 2.24) is 4.90 Å². The molecule has 0 radical (unpaired) electrons. The summed E-state index contributed by atoms with van der Waals surface area (Å²) in [5.41, 5.74) is 0.150. The molecule has 1 saturated heterocycles. The number of carbonyl (C=O) groups excluding carboxylic acids is 2. The number of amides is 1. The fraction of sp³-hybridized carbons (Fsp3) is 0.333. The van der Waals surface area contributed by atoms with Gasteiger partial charge in [0.1, 0.15) is 5.82 Å². The van der Waals surface area contributed by atoms with Crippen molar-refractivity contribution in [2.75, 3.05) is 18.8 Å². The van der Waals surface area contributed by atoms with Crippen LogP contribution in [0.1, 0.15) is 43.5 Å². The third kappa shape index (κ3) is 3.71. The zero-order chi connectivity index (χ0) is 18.9. The molecule has 5 nitrogen and oxygen atoms in total. The van der Waals surface area contributed by atoms with E-state index in [2.05, 4.69) is 0 Å². The molecule has 3 rings (SSSR count). The highest BCUT2D eigenvalue weighted by Gasteiger charge is 2.34. The minimum atomic E-state index is -3.58. The second-order valence-electron chi connectivity index (χ2n) is 6.18. The van der Waals surface area contributed by atoms with Crippen molar-refractivity contribution in [3.63, 3.8) is 0 Å². The molecule has 1 aliphatic heterocycles. The summed E-state index contributed by atoms with van der Waals surface area (Å²) < 4.78 is 39.3. The predicted molar refractivity (Wildman–Crippen MR) is 97.8 cm³/mol. The van der Waals surface area contributed by atoms with E-state index in [0.717, 1.165) is 11.3 Å². The number of benzene rings is 1. The zero-order valence-corrected chi connectivity index (χ0v) is 15.8. The standard InChI is InChI=1S/C18H18FNO4S2/c1-12(21)15-6-7-16(25-15)18(22)20-9-8-17(26(23,24)11-10-20)13-4-2-3-5-14(13)19/h2-7,17H,8-11H2,1H3. The molecule has 8 heteroatoms. The SMILES string of the molecule is CC(=O)c1ccc(C(=O)N2CCC(c3ccccc3F)S(=O)(=O)CC2)s1. The first-order valence-corrected chi connectivity index (χ1v) is 10.7. The van der Waals surface area contributed by atoms with Crippen LogP contribution in [-0.2, 0) is 9.84 Å². The molecule has 1 fully saturated rings. The minimum Gasteiger partial charge on any atom is -0.337 e. The number of Topliss-reactive ketones (excluding diaryl/α,β-unsaturated/α-hetero) is 1. The van der Waals surface area contributed by atoms with Gasteiger partial charge in [0.2, 0.25) is 0 Å². The van der Waals surface area contributed by atoms with Crippen LogP contribution in [0.5, 0.6) is 0 Å². The Morgan fingerprint density at radius 2 is 1.81 bits per heavy atom. The van der Waals surface area contributed by atoms with E-state index in [4.69, 9.17) is 0 Å². The van der Waals surface area contributed by atoms with Gasteiger partial charge in [-0.15, -0.1) is 11.3 Å². The van der Waals surface area contributed by atoms with E-state index < -0.39 is 20.9 Å². The summed E-state index contributed by atoms with van der Waals surface area (Å²) >= 11 is 1.10. The van der Waals surface area contributed by atoms with Crippen molar-refractivity contribution < 1.29 is 22.4 Å². The van der Waals surface area contributed by atoms with Gasteiger partial charge in [0, 0.05) is 18.7 Å². The second-order valence-corrected chi connectivity index (χ2v) is 9.56. The third-order valence-electron chi connectivity index (χ3n) is 4.44. The largest absolute Gasteiger partial charge is 0.337 e. The molecule has 1 aromatic heterocycles. The average Bonchev–Trinajstić information content (AvgIpc) is 3.03. The number of rotatable bonds is 3. The molecule has 0 spiro atoms. The van der Waals surface area contributed by atoms with Crippen LogP contribution in [0, 0.1) is 5.82 Å². The van der Waals surface area contributed by atoms with Crippen LogP contribution < -0.4 is 0 Å². The van der Waals surface area contributed by atoms with Crippen LogP contribution in [0.4, 0.5) is 4.39 Å². The maximum atomic E-state index is 14.1. The molecule has 1 aliphatic rings. The van der Waals surface area contributed by atoms with E-state index >= 15 is 0 Å². The molecule has 1 unspecified atom stereocenters. The van der Waals surface area contributed by atoms with E-state index in [1.165, 1.54) is 30.0 Å². The Bertz CT molecular complexity index is 952.